The van der Waals surface area contributed by atoms with Gasteiger partial charge >= 0.3 is 0 Å². The molecule has 116 valence electrons. The van der Waals surface area contributed by atoms with Crippen LogP contribution in [0.5, 0.6) is 0 Å². The molecule has 1 aromatic carbocycles. The molecular weight excluding hydrogens is 266 g/mol. The third kappa shape index (κ3) is 6.90. The second-order valence-corrected chi connectivity index (χ2v) is 5.05. The van der Waals surface area contributed by atoms with E-state index in [-0.39, 0.29) is 12.3 Å². The Morgan fingerprint density at radius 1 is 0.952 bits per heavy atom. The van der Waals surface area contributed by atoms with Gasteiger partial charge in [-0.05, 0) is 31.5 Å². The molecular formula is C16H25N3O2. The Labute approximate surface area is 126 Å². The van der Waals surface area contributed by atoms with Crippen molar-refractivity contribution in [3.63, 3.8) is 0 Å². The lowest BCUT2D eigenvalue weighted by molar-refractivity contribution is -0.119. The summed E-state index contributed by atoms with van der Waals surface area (Å²) in [6.07, 6.45) is 4.56. The average molecular weight is 291 g/mol. The summed E-state index contributed by atoms with van der Waals surface area (Å²) in [5.74, 6) is -0.359. The third-order valence-corrected chi connectivity index (χ3v) is 3.30. The Bertz CT molecular complexity index is 434. The van der Waals surface area contributed by atoms with Crippen LogP contribution in [0, 0.1) is 0 Å². The molecule has 5 nitrogen and oxygen atoms in total. The van der Waals surface area contributed by atoms with Crippen LogP contribution in [0.3, 0.4) is 0 Å². The smallest absolute Gasteiger partial charge is 0.226 e. The molecule has 1 aromatic rings. The van der Waals surface area contributed by atoms with Crippen molar-refractivity contribution in [2.45, 2.75) is 38.5 Å². The van der Waals surface area contributed by atoms with Crippen molar-refractivity contribution in [2.75, 3.05) is 18.0 Å². The van der Waals surface area contributed by atoms with Crippen molar-refractivity contribution in [3.05, 3.63) is 30.3 Å². The Balaban J connectivity index is 2.55. The second-order valence-electron chi connectivity index (χ2n) is 5.05. The number of unbranched alkanes of at least 4 members (excludes halogenated alkanes) is 3. The van der Waals surface area contributed by atoms with Crippen molar-refractivity contribution in [1.82, 2.24) is 0 Å². The Kier molecular flexibility index (Phi) is 8.12. The molecule has 0 heterocycles. The molecule has 0 aliphatic rings. The molecule has 0 atom stereocenters. The summed E-state index contributed by atoms with van der Waals surface area (Å²) in [5.41, 5.74) is 11.4. The Hall–Kier alpha value is -1.88. The largest absolute Gasteiger partial charge is 0.370 e. The number of anilines is 1. The Morgan fingerprint density at radius 3 is 2.24 bits per heavy atom. The molecule has 0 saturated heterocycles. The predicted molar refractivity (Wildman–Crippen MR) is 84.7 cm³/mol. The summed E-state index contributed by atoms with van der Waals surface area (Å²) >= 11 is 0. The van der Waals surface area contributed by atoms with Crippen LogP contribution in [0.2, 0.25) is 0 Å². The minimum Gasteiger partial charge on any atom is -0.370 e. The molecule has 0 aliphatic carbocycles. The topological polar surface area (TPSA) is 89.4 Å². The molecule has 0 spiro atoms. The number of carbonyl (C=O) groups excluding carboxylic acids is 2. The van der Waals surface area contributed by atoms with Gasteiger partial charge in [-0.3, -0.25) is 9.59 Å². The summed E-state index contributed by atoms with van der Waals surface area (Å²) in [7, 11) is 0. The summed E-state index contributed by atoms with van der Waals surface area (Å²) in [5, 5.41) is 0. The van der Waals surface area contributed by atoms with Crippen LogP contribution in [-0.2, 0) is 9.59 Å². The van der Waals surface area contributed by atoms with Crippen LogP contribution in [0.15, 0.2) is 30.3 Å². The highest BCUT2D eigenvalue weighted by Gasteiger charge is 2.15. The maximum atomic E-state index is 12.3. The molecule has 4 N–H and O–H groups in total. The van der Waals surface area contributed by atoms with E-state index in [1.54, 1.807) is 4.90 Å². The second kappa shape index (κ2) is 9.94. The van der Waals surface area contributed by atoms with Crippen LogP contribution in [0.1, 0.15) is 38.5 Å². The van der Waals surface area contributed by atoms with Gasteiger partial charge in [0.2, 0.25) is 11.8 Å². The van der Waals surface area contributed by atoms with Crippen LogP contribution >= 0.6 is 0 Å². The maximum Gasteiger partial charge on any atom is 0.226 e. The normalized spacial score (nSPS) is 10.3. The van der Waals surface area contributed by atoms with Crippen molar-refractivity contribution in [2.24, 2.45) is 11.5 Å². The molecule has 0 aromatic heterocycles. The zero-order valence-corrected chi connectivity index (χ0v) is 12.5. The molecule has 0 fully saturated rings. The molecule has 21 heavy (non-hydrogen) atoms. The van der Waals surface area contributed by atoms with Gasteiger partial charge < -0.3 is 16.4 Å². The van der Waals surface area contributed by atoms with E-state index in [2.05, 4.69) is 0 Å². The first kappa shape index (κ1) is 17.2. The number of nitrogens with zero attached hydrogens (tertiary/aromatic N) is 1. The van der Waals surface area contributed by atoms with Gasteiger partial charge in [0.05, 0.1) is 0 Å². The number of amides is 2. The van der Waals surface area contributed by atoms with Crippen molar-refractivity contribution in [3.8, 4) is 0 Å². The van der Waals surface area contributed by atoms with E-state index in [4.69, 9.17) is 11.5 Å². The van der Waals surface area contributed by atoms with Gasteiger partial charge in [-0.2, -0.15) is 0 Å². The average Bonchev–Trinajstić information content (AvgIpc) is 2.48. The fraction of sp³-hybridized carbons (Fsp3) is 0.500. The number of rotatable bonds is 10. The van der Waals surface area contributed by atoms with E-state index < -0.39 is 5.91 Å². The first-order valence-electron chi connectivity index (χ1n) is 7.49. The number of nitrogens with two attached hydrogens (primary N) is 2. The van der Waals surface area contributed by atoms with Gasteiger partial charge in [0.25, 0.3) is 0 Å². The van der Waals surface area contributed by atoms with Crippen LogP contribution in [-0.4, -0.2) is 24.9 Å². The molecule has 0 saturated carbocycles. The fourth-order valence-corrected chi connectivity index (χ4v) is 2.14. The highest BCUT2D eigenvalue weighted by molar-refractivity contribution is 5.93. The monoisotopic (exact) mass is 291 g/mol. The highest BCUT2D eigenvalue weighted by atomic mass is 16.2. The number of carbonyl (C=O) groups is 2. The summed E-state index contributed by atoms with van der Waals surface area (Å²) in [4.78, 5) is 24.9. The van der Waals surface area contributed by atoms with Crippen molar-refractivity contribution < 1.29 is 9.59 Å². The van der Waals surface area contributed by atoms with Gasteiger partial charge in [0.1, 0.15) is 0 Å². The molecule has 5 heteroatoms. The zero-order valence-electron chi connectivity index (χ0n) is 12.5. The highest BCUT2D eigenvalue weighted by Crippen LogP contribution is 2.16. The number of benzene rings is 1. The lowest BCUT2D eigenvalue weighted by Crippen LogP contribution is -2.33. The van der Waals surface area contributed by atoms with E-state index in [0.29, 0.717) is 19.5 Å². The van der Waals surface area contributed by atoms with Gasteiger partial charge in [0, 0.05) is 25.1 Å². The zero-order chi connectivity index (χ0) is 15.5. The number of primary amides is 1. The molecule has 0 radical (unpaired) electrons. The first-order valence-corrected chi connectivity index (χ1v) is 7.49. The summed E-state index contributed by atoms with van der Waals surface area (Å²) in [6.45, 7) is 1.03. The summed E-state index contributed by atoms with van der Waals surface area (Å²) in [6, 6.07) is 9.38. The fourth-order valence-electron chi connectivity index (χ4n) is 2.14. The van der Waals surface area contributed by atoms with Crippen LogP contribution in [0.4, 0.5) is 5.69 Å². The standard InChI is InChI=1S/C16H25N3O2/c17-12-7-2-1-6-10-16(21)19(13-11-15(18)20)14-8-4-3-5-9-14/h3-5,8-9H,1-2,6-7,10-13,17H2,(H2,18,20). The number of hydrogen-bond acceptors (Lipinski definition) is 3. The van der Waals surface area contributed by atoms with E-state index in [0.717, 1.165) is 31.4 Å². The first-order chi connectivity index (χ1) is 10.1. The van der Waals surface area contributed by atoms with Crippen molar-refractivity contribution in [1.29, 1.82) is 0 Å². The van der Waals surface area contributed by atoms with E-state index >= 15 is 0 Å². The Morgan fingerprint density at radius 2 is 1.62 bits per heavy atom. The number of hydrogen-bond donors (Lipinski definition) is 2. The molecule has 0 aliphatic heterocycles. The molecule has 1 rings (SSSR count). The van der Waals surface area contributed by atoms with Gasteiger partial charge in [-0.1, -0.05) is 31.0 Å². The quantitative estimate of drug-likeness (QED) is 0.644. The van der Waals surface area contributed by atoms with E-state index in [1.807, 2.05) is 30.3 Å². The van der Waals surface area contributed by atoms with Crippen LogP contribution in [0.25, 0.3) is 0 Å². The van der Waals surface area contributed by atoms with Crippen molar-refractivity contribution >= 4 is 17.5 Å². The SMILES string of the molecule is NCCCCCCC(=O)N(CCC(N)=O)c1ccccc1. The van der Waals surface area contributed by atoms with E-state index in [1.165, 1.54) is 0 Å². The molecule has 2 amide bonds. The maximum absolute atomic E-state index is 12.3. The number of para-hydroxylation sites is 1. The predicted octanol–water partition coefficient (Wildman–Crippen LogP) is 1.80. The van der Waals surface area contributed by atoms with Gasteiger partial charge in [-0.15, -0.1) is 0 Å². The van der Waals surface area contributed by atoms with E-state index in [9.17, 15) is 9.59 Å². The lowest BCUT2D eigenvalue weighted by atomic mass is 10.1. The molecule has 0 unspecified atom stereocenters. The third-order valence-electron chi connectivity index (χ3n) is 3.30. The summed E-state index contributed by atoms with van der Waals surface area (Å²) < 4.78 is 0. The van der Waals surface area contributed by atoms with Gasteiger partial charge in [-0.25, -0.2) is 0 Å². The minimum atomic E-state index is -0.397. The van der Waals surface area contributed by atoms with Crippen LogP contribution < -0.4 is 16.4 Å². The van der Waals surface area contributed by atoms with Gasteiger partial charge in [0.15, 0.2) is 0 Å². The lowest BCUT2D eigenvalue weighted by Gasteiger charge is -2.22. The minimum absolute atomic E-state index is 0.0372. The molecule has 0 bridgehead atoms.